The largest absolute Gasteiger partial charge is 0.265 e. The summed E-state index contributed by atoms with van der Waals surface area (Å²) < 4.78 is 0. The van der Waals surface area contributed by atoms with Crippen LogP contribution in [0.2, 0.25) is 0 Å². The SMILES string of the molecule is CC(C)(C)C1=CC=C(c2c3ccccc3c(-c3ccc4cc(-c5cc(-c6ccncc6)ccn5)ccc4c3)c3ccccc23)CC1. The summed E-state index contributed by atoms with van der Waals surface area (Å²) in [5.41, 5.74) is 11.4. The number of hydrogen-bond donors (Lipinski definition) is 0. The summed E-state index contributed by atoms with van der Waals surface area (Å²) in [6, 6.07) is 39.8. The third-order valence-electron chi connectivity index (χ3n) is 9.56. The van der Waals surface area contributed by atoms with Crippen LogP contribution in [0.1, 0.15) is 39.2 Å². The van der Waals surface area contributed by atoms with Crippen molar-refractivity contribution in [2.45, 2.75) is 33.6 Å². The normalized spacial score (nSPS) is 13.6. The van der Waals surface area contributed by atoms with Crippen LogP contribution in [0.4, 0.5) is 0 Å². The zero-order chi connectivity index (χ0) is 31.3. The molecule has 46 heavy (non-hydrogen) atoms. The van der Waals surface area contributed by atoms with Gasteiger partial charge in [0.1, 0.15) is 0 Å². The lowest BCUT2D eigenvalue weighted by Crippen LogP contribution is -2.11. The first kappa shape index (κ1) is 28.2. The Labute approximate surface area is 270 Å². The lowest BCUT2D eigenvalue weighted by atomic mass is 9.78. The van der Waals surface area contributed by atoms with E-state index in [1.165, 1.54) is 60.2 Å². The average Bonchev–Trinajstić information content (AvgIpc) is 3.10. The Balaban J connectivity index is 1.25. The highest BCUT2D eigenvalue weighted by Crippen LogP contribution is 2.45. The number of pyridine rings is 2. The van der Waals surface area contributed by atoms with Crippen LogP contribution in [-0.4, -0.2) is 9.97 Å². The van der Waals surface area contributed by atoms with Crippen molar-refractivity contribution in [1.29, 1.82) is 0 Å². The summed E-state index contributed by atoms with van der Waals surface area (Å²) in [4.78, 5) is 8.88. The number of allylic oxidation sites excluding steroid dienone is 4. The molecule has 1 aliphatic rings. The van der Waals surface area contributed by atoms with Crippen molar-refractivity contribution in [2.24, 2.45) is 5.41 Å². The fourth-order valence-electron chi connectivity index (χ4n) is 7.13. The Kier molecular flexibility index (Phi) is 6.87. The molecule has 0 spiro atoms. The highest BCUT2D eigenvalue weighted by Gasteiger charge is 2.22. The molecule has 0 saturated heterocycles. The van der Waals surface area contributed by atoms with Crippen molar-refractivity contribution < 1.29 is 0 Å². The van der Waals surface area contributed by atoms with Crippen LogP contribution >= 0.6 is 0 Å². The molecule has 0 aliphatic heterocycles. The molecule has 0 N–H and O–H groups in total. The maximum Gasteiger partial charge on any atom is 0.0708 e. The molecule has 7 aromatic rings. The Hall–Kier alpha value is -5.34. The maximum atomic E-state index is 4.71. The number of rotatable bonds is 4. The van der Waals surface area contributed by atoms with E-state index in [1.54, 1.807) is 0 Å². The zero-order valence-electron chi connectivity index (χ0n) is 26.6. The van der Waals surface area contributed by atoms with E-state index in [2.05, 4.69) is 135 Å². The highest BCUT2D eigenvalue weighted by atomic mass is 14.7. The first-order chi connectivity index (χ1) is 22.4. The zero-order valence-corrected chi connectivity index (χ0v) is 26.6. The molecule has 5 aromatic carbocycles. The molecule has 0 atom stereocenters. The van der Waals surface area contributed by atoms with Crippen molar-refractivity contribution in [1.82, 2.24) is 9.97 Å². The van der Waals surface area contributed by atoms with E-state index >= 15 is 0 Å². The van der Waals surface area contributed by atoms with Gasteiger partial charge in [0.05, 0.1) is 5.69 Å². The third kappa shape index (κ3) is 5.01. The summed E-state index contributed by atoms with van der Waals surface area (Å²) in [6.45, 7) is 6.96. The predicted molar refractivity (Wildman–Crippen MR) is 196 cm³/mol. The van der Waals surface area contributed by atoms with Gasteiger partial charge in [-0.2, -0.15) is 0 Å². The third-order valence-corrected chi connectivity index (χ3v) is 9.56. The van der Waals surface area contributed by atoms with Gasteiger partial charge in [-0.25, -0.2) is 0 Å². The van der Waals surface area contributed by atoms with E-state index in [9.17, 15) is 0 Å². The maximum absolute atomic E-state index is 4.71. The van der Waals surface area contributed by atoms with Gasteiger partial charge in [-0.1, -0.05) is 111 Å². The molecule has 0 radical (unpaired) electrons. The first-order valence-corrected chi connectivity index (χ1v) is 16.2. The minimum atomic E-state index is 0.202. The summed E-state index contributed by atoms with van der Waals surface area (Å²) in [6.07, 6.45) is 12.5. The van der Waals surface area contributed by atoms with E-state index in [0.29, 0.717) is 0 Å². The van der Waals surface area contributed by atoms with Gasteiger partial charge in [0.25, 0.3) is 0 Å². The molecule has 2 nitrogen and oxygen atoms in total. The molecule has 8 rings (SSSR count). The van der Waals surface area contributed by atoms with Crippen LogP contribution in [0, 0.1) is 5.41 Å². The lowest BCUT2D eigenvalue weighted by molar-refractivity contribution is 0.482. The second-order valence-electron chi connectivity index (χ2n) is 13.4. The molecule has 2 aromatic heterocycles. The van der Waals surface area contributed by atoms with Crippen LogP contribution in [0.25, 0.3) is 71.4 Å². The van der Waals surface area contributed by atoms with E-state index in [0.717, 1.165) is 35.2 Å². The van der Waals surface area contributed by atoms with E-state index < -0.39 is 0 Å². The predicted octanol–water partition coefficient (Wildman–Crippen LogP) is 12.1. The average molecular weight is 593 g/mol. The number of hydrogen-bond acceptors (Lipinski definition) is 2. The van der Waals surface area contributed by atoms with Crippen molar-refractivity contribution >= 4 is 37.9 Å². The van der Waals surface area contributed by atoms with Gasteiger partial charge >= 0.3 is 0 Å². The minimum absolute atomic E-state index is 0.202. The van der Waals surface area contributed by atoms with Crippen molar-refractivity contribution in [3.05, 3.63) is 151 Å². The topological polar surface area (TPSA) is 25.8 Å². The molecule has 222 valence electrons. The van der Waals surface area contributed by atoms with Crippen molar-refractivity contribution in [3.8, 4) is 33.5 Å². The first-order valence-electron chi connectivity index (χ1n) is 16.2. The molecule has 0 saturated carbocycles. The molecule has 2 heterocycles. The molecule has 0 unspecified atom stereocenters. The number of benzene rings is 5. The Morgan fingerprint density at radius 3 is 1.70 bits per heavy atom. The van der Waals surface area contributed by atoms with Crippen molar-refractivity contribution in [3.63, 3.8) is 0 Å². The molecule has 0 amide bonds. The van der Waals surface area contributed by atoms with Crippen LogP contribution in [0.3, 0.4) is 0 Å². The molecule has 0 fully saturated rings. The van der Waals surface area contributed by atoms with Gasteiger partial charge in [0.15, 0.2) is 0 Å². The van der Waals surface area contributed by atoms with Crippen LogP contribution < -0.4 is 0 Å². The van der Waals surface area contributed by atoms with Gasteiger partial charge in [-0.15, -0.1) is 0 Å². The van der Waals surface area contributed by atoms with Gasteiger partial charge in [-0.3, -0.25) is 9.97 Å². The van der Waals surface area contributed by atoms with Crippen LogP contribution in [-0.2, 0) is 0 Å². The number of aromatic nitrogens is 2. The monoisotopic (exact) mass is 592 g/mol. The Morgan fingerprint density at radius 1 is 0.500 bits per heavy atom. The highest BCUT2D eigenvalue weighted by molar-refractivity contribution is 6.19. The Morgan fingerprint density at radius 2 is 1.09 bits per heavy atom. The fraction of sp³-hybridized carbons (Fsp3) is 0.136. The summed E-state index contributed by atoms with van der Waals surface area (Å²) in [5, 5.41) is 7.68. The number of fused-ring (bicyclic) bond motifs is 3. The smallest absolute Gasteiger partial charge is 0.0708 e. The second-order valence-corrected chi connectivity index (χ2v) is 13.4. The van der Waals surface area contributed by atoms with E-state index in [4.69, 9.17) is 4.98 Å². The standard InChI is InChI=1S/C44H36N2/c1-44(2,3)36-18-16-30(17-19-36)42-37-8-4-6-10-39(37)43(40-11-7-5-9-38(40)42)35-15-13-31-26-34(14-12-32(31)27-35)41-28-33(22-25-46-41)29-20-23-45-24-21-29/h4-16,18,20-28H,17,19H2,1-3H3. The van der Waals surface area contributed by atoms with E-state index in [-0.39, 0.29) is 5.41 Å². The van der Waals surface area contributed by atoms with Crippen LogP contribution in [0.5, 0.6) is 0 Å². The molecule has 0 bridgehead atoms. The summed E-state index contributed by atoms with van der Waals surface area (Å²) in [5.74, 6) is 0. The van der Waals surface area contributed by atoms with Gasteiger partial charge in [0.2, 0.25) is 0 Å². The lowest BCUT2D eigenvalue weighted by Gasteiger charge is -2.27. The second kappa shape index (κ2) is 11.2. The minimum Gasteiger partial charge on any atom is -0.265 e. The fourth-order valence-corrected chi connectivity index (χ4v) is 7.13. The molecule has 2 heteroatoms. The van der Waals surface area contributed by atoms with Crippen LogP contribution in [0.15, 0.2) is 146 Å². The Bertz CT molecular complexity index is 2280. The summed E-state index contributed by atoms with van der Waals surface area (Å²) in [7, 11) is 0. The summed E-state index contributed by atoms with van der Waals surface area (Å²) >= 11 is 0. The quantitative estimate of drug-likeness (QED) is 0.190. The van der Waals surface area contributed by atoms with Gasteiger partial charge < -0.3 is 0 Å². The van der Waals surface area contributed by atoms with Gasteiger partial charge in [0, 0.05) is 24.2 Å². The molecule has 1 aliphatic carbocycles. The van der Waals surface area contributed by atoms with Crippen molar-refractivity contribution in [2.75, 3.05) is 0 Å². The van der Waals surface area contributed by atoms with E-state index in [1.807, 2.05) is 30.7 Å². The molecular formula is C44H36N2. The molecular weight excluding hydrogens is 556 g/mol. The number of nitrogens with zero attached hydrogens (tertiary/aromatic N) is 2. The van der Waals surface area contributed by atoms with Gasteiger partial charge in [-0.05, 0) is 120 Å².